The Morgan fingerprint density at radius 2 is 1.95 bits per heavy atom. The first-order chi connectivity index (χ1) is 10.6. The van der Waals surface area contributed by atoms with E-state index < -0.39 is 0 Å². The lowest BCUT2D eigenvalue weighted by Crippen LogP contribution is -2.32. The molecule has 2 aromatic rings. The lowest BCUT2D eigenvalue weighted by Gasteiger charge is -2.10. The van der Waals surface area contributed by atoms with Crippen LogP contribution in [0.25, 0.3) is 0 Å². The van der Waals surface area contributed by atoms with Crippen LogP contribution in [0.2, 0.25) is 0 Å². The van der Waals surface area contributed by atoms with Gasteiger partial charge in [0.2, 0.25) is 0 Å². The standard InChI is InChI=1S/C16H18FN3OS/c1-10-14(15(21)19-12-4-2-3-5-12)22-16(18-10)20-13-8-6-11(17)7-9-13/h6-9,12H,2-5H2,1H3,(H,18,20)(H,19,21). The maximum atomic E-state index is 12.9. The van der Waals surface area contributed by atoms with Gasteiger partial charge in [-0.1, -0.05) is 24.2 Å². The van der Waals surface area contributed by atoms with E-state index in [1.807, 2.05) is 6.92 Å². The maximum absolute atomic E-state index is 12.9. The van der Waals surface area contributed by atoms with Crippen LogP contribution in [0.5, 0.6) is 0 Å². The summed E-state index contributed by atoms with van der Waals surface area (Å²) in [7, 11) is 0. The first kappa shape index (κ1) is 15.0. The van der Waals surface area contributed by atoms with Crippen molar-refractivity contribution >= 4 is 28.1 Å². The zero-order valence-electron chi connectivity index (χ0n) is 12.4. The fraction of sp³-hybridized carbons (Fsp3) is 0.375. The van der Waals surface area contributed by atoms with Crippen molar-refractivity contribution in [1.29, 1.82) is 0 Å². The first-order valence-corrected chi connectivity index (χ1v) is 8.24. The van der Waals surface area contributed by atoms with Crippen molar-refractivity contribution < 1.29 is 9.18 Å². The van der Waals surface area contributed by atoms with Crippen LogP contribution in [0, 0.1) is 12.7 Å². The van der Waals surface area contributed by atoms with Gasteiger partial charge in [0.15, 0.2) is 5.13 Å². The minimum absolute atomic E-state index is 0.0472. The van der Waals surface area contributed by atoms with Gasteiger partial charge in [-0.25, -0.2) is 9.37 Å². The van der Waals surface area contributed by atoms with E-state index in [2.05, 4.69) is 15.6 Å². The summed E-state index contributed by atoms with van der Waals surface area (Å²) in [6.07, 6.45) is 4.49. The molecule has 0 bridgehead atoms. The molecule has 0 atom stereocenters. The number of hydrogen-bond acceptors (Lipinski definition) is 4. The smallest absolute Gasteiger partial charge is 0.263 e. The van der Waals surface area contributed by atoms with Crippen molar-refractivity contribution in [2.24, 2.45) is 0 Å². The highest BCUT2D eigenvalue weighted by Crippen LogP contribution is 2.26. The molecule has 0 spiro atoms. The number of hydrogen-bond donors (Lipinski definition) is 2. The average molecular weight is 319 g/mol. The van der Waals surface area contributed by atoms with Crippen LogP contribution in [0.3, 0.4) is 0 Å². The Morgan fingerprint density at radius 1 is 1.27 bits per heavy atom. The van der Waals surface area contributed by atoms with Crippen molar-refractivity contribution in [2.45, 2.75) is 38.6 Å². The van der Waals surface area contributed by atoms with Crippen LogP contribution in [-0.2, 0) is 0 Å². The third-order valence-corrected chi connectivity index (χ3v) is 4.86. The van der Waals surface area contributed by atoms with Crippen LogP contribution in [0.4, 0.5) is 15.2 Å². The molecule has 116 valence electrons. The zero-order chi connectivity index (χ0) is 15.5. The Labute approximate surface area is 132 Å². The first-order valence-electron chi connectivity index (χ1n) is 7.43. The third-order valence-electron chi connectivity index (χ3n) is 3.79. The van der Waals surface area contributed by atoms with Gasteiger partial charge in [0.1, 0.15) is 10.7 Å². The fourth-order valence-electron chi connectivity index (χ4n) is 2.64. The summed E-state index contributed by atoms with van der Waals surface area (Å²) >= 11 is 1.32. The summed E-state index contributed by atoms with van der Waals surface area (Å²) in [5, 5.41) is 6.82. The molecule has 0 radical (unpaired) electrons. The summed E-state index contributed by atoms with van der Waals surface area (Å²) in [6.45, 7) is 1.83. The van der Waals surface area contributed by atoms with Crippen molar-refractivity contribution in [2.75, 3.05) is 5.32 Å². The van der Waals surface area contributed by atoms with Crippen LogP contribution < -0.4 is 10.6 Å². The molecule has 1 fully saturated rings. The molecular formula is C16H18FN3OS. The number of benzene rings is 1. The van der Waals surface area contributed by atoms with Gasteiger partial charge in [-0.15, -0.1) is 0 Å². The average Bonchev–Trinajstić information content (AvgIpc) is 3.11. The third kappa shape index (κ3) is 3.44. The van der Waals surface area contributed by atoms with Gasteiger partial charge in [-0.05, 0) is 44.0 Å². The van der Waals surface area contributed by atoms with Gasteiger partial charge < -0.3 is 10.6 Å². The van der Waals surface area contributed by atoms with E-state index >= 15 is 0 Å². The lowest BCUT2D eigenvalue weighted by molar-refractivity contribution is 0.0941. The van der Waals surface area contributed by atoms with Gasteiger partial charge in [0.25, 0.3) is 5.91 Å². The van der Waals surface area contributed by atoms with Gasteiger partial charge >= 0.3 is 0 Å². The number of halogens is 1. The molecule has 1 aromatic carbocycles. The van der Waals surface area contributed by atoms with E-state index in [-0.39, 0.29) is 11.7 Å². The Bertz CT molecular complexity index is 663. The fourth-order valence-corrected chi connectivity index (χ4v) is 3.53. The highest BCUT2D eigenvalue weighted by Gasteiger charge is 2.21. The SMILES string of the molecule is Cc1nc(Nc2ccc(F)cc2)sc1C(=O)NC1CCCC1. The number of anilines is 2. The molecule has 22 heavy (non-hydrogen) atoms. The summed E-state index contributed by atoms with van der Waals surface area (Å²) in [4.78, 5) is 17.3. The van der Waals surface area contributed by atoms with Crippen molar-refractivity contribution in [1.82, 2.24) is 10.3 Å². The Kier molecular flexibility index (Phi) is 4.38. The van der Waals surface area contributed by atoms with Gasteiger partial charge in [-0.2, -0.15) is 0 Å². The number of carbonyl (C=O) groups is 1. The molecule has 0 aliphatic heterocycles. The molecular weight excluding hydrogens is 301 g/mol. The number of nitrogens with zero attached hydrogens (tertiary/aromatic N) is 1. The number of thiazole rings is 1. The molecule has 1 aromatic heterocycles. The molecule has 6 heteroatoms. The predicted molar refractivity (Wildman–Crippen MR) is 86.3 cm³/mol. The second-order valence-electron chi connectivity index (χ2n) is 5.52. The second-order valence-corrected chi connectivity index (χ2v) is 6.52. The quantitative estimate of drug-likeness (QED) is 0.895. The number of rotatable bonds is 4. The highest BCUT2D eigenvalue weighted by molar-refractivity contribution is 7.17. The van der Waals surface area contributed by atoms with E-state index in [4.69, 9.17) is 0 Å². The van der Waals surface area contributed by atoms with Gasteiger partial charge in [0, 0.05) is 11.7 Å². The summed E-state index contributed by atoms with van der Waals surface area (Å²) in [6, 6.07) is 6.35. The molecule has 2 N–H and O–H groups in total. The molecule has 3 rings (SSSR count). The summed E-state index contributed by atoms with van der Waals surface area (Å²) in [5.41, 5.74) is 1.46. The normalized spacial score (nSPS) is 15.0. The van der Waals surface area contributed by atoms with E-state index in [9.17, 15) is 9.18 Å². The van der Waals surface area contributed by atoms with Gasteiger partial charge in [-0.3, -0.25) is 4.79 Å². The zero-order valence-corrected chi connectivity index (χ0v) is 13.2. The number of aromatic nitrogens is 1. The molecule has 1 aliphatic carbocycles. The molecule has 1 heterocycles. The Balaban J connectivity index is 1.69. The largest absolute Gasteiger partial charge is 0.349 e. The monoisotopic (exact) mass is 319 g/mol. The van der Waals surface area contributed by atoms with E-state index in [0.717, 1.165) is 18.5 Å². The van der Waals surface area contributed by atoms with Crippen molar-refractivity contribution in [3.63, 3.8) is 0 Å². The van der Waals surface area contributed by atoms with E-state index in [1.54, 1.807) is 12.1 Å². The summed E-state index contributed by atoms with van der Waals surface area (Å²) < 4.78 is 12.9. The Morgan fingerprint density at radius 3 is 2.64 bits per heavy atom. The summed E-state index contributed by atoms with van der Waals surface area (Å²) in [5.74, 6) is -0.327. The van der Waals surface area contributed by atoms with Crippen LogP contribution in [0.15, 0.2) is 24.3 Å². The van der Waals surface area contributed by atoms with E-state index in [0.29, 0.717) is 21.7 Å². The second kappa shape index (κ2) is 6.44. The number of nitrogens with one attached hydrogen (secondary N) is 2. The lowest BCUT2D eigenvalue weighted by atomic mass is 10.2. The predicted octanol–water partition coefficient (Wildman–Crippen LogP) is 4.01. The molecule has 0 unspecified atom stereocenters. The maximum Gasteiger partial charge on any atom is 0.263 e. The number of amides is 1. The topological polar surface area (TPSA) is 54.0 Å². The molecule has 0 saturated heterocycles. The van der Waals surface area contributed by atoms with Crippen LogP contribution in [-0.4, -0.2) is 16.9 Å². The molecule has 1 saturated carbocycles. The minimum atomic E-state index is -0.280. The van der Waals surface area contributed by atoms with Crippen LogP contribution in [0.1, 0.15) is 41.0 Å². The van der Waals surface area contributed by atoms with Gasteiger partial charge in [0.05, 0.1) is 5.69 Å². The number of carbonyl (C=O) groups excluding carboxylic acids is 1. The van der Waals surface area contributed by atoms with Crippen LogP contribution >= 0.6 is 11.3 Å². The molecule has 1 aliphatic rings. The number of aryl methyl sites for hydroxylation is 1. The van der Waals surface area contributed by atoms with Crippen molar-refractivity contribution in [3.8, 4) is 0 Å². The van der Waals surface area contributed by atoms with E-state index in [1.165, 1.54) is 36.3 Å². The minimum Gasteiger partial charge on any atom is -0.349 e. The Hall–Kier alpha value is -1.95. The molecule has 1 amide bonds. The van der Waals surface area contributed by atoms with Crippen molar-refractivity contribution in [3.05, 3.63) is 40.7 Å². The molecule has 4 nitrogen and oxygen atoms in total. The highest BCUT2D eigenvalue weighted by atomic mass is 32.1.